The maximum absolute atomic E-state index is 5.15. The first-order valence-electron chi connectivity index (χ1n) is 13.6. The van der Waals surface area contributed by atoms with Gasteiger partial charge in [-0.15, -0.1) is 0 Å². The number of hydrogen-bond donors (Lipinski definition) is 0. The summed E-state index contributed by atoms with van der Waals surface area (Å²) in [6, 6.07) is 19.2. The molecule has 213 valence electrons. The van der Waals surface area contributed by atoms with Crippen LogP contribution in [0.4, 0.5) is 11.4 Å². The number of para-hydroxylation sites is 2. The molecule has 0 bridgehead atoms. The van der Waals surface area contributed by atoms with Crippen molar-refractivity contribution in [2.75, 3.05) is 0 Å². The summed E-state index contributed by atoms with van der Waals surface area (Å²) in [4.78, 5) is 15.3. The standard InChI is InChI=1S/C33H43N3.2BrH.Co/c1-20(2)26-14-11-15-27(21(3)4)32(26)34-24(9)30-18-13-19-31(36-30)25(10)35-33-28(22(5)6)16-12-17-29(33)23(7)8;;;/h11-23H,1-10H3;2*1H;/q;;;+2/p-2. The molecule has 3 nitrogen and oxygen atoms in total. The van der Waals surface area contributed by atoms with Crippen molar-refractivity contribution in [2.45, 2.75) is 92.9 Å². The van der Waals surface area contributed by atoms with Crippen LogP contribution in [0.2, 0.25) is 0 Å². The molecule has 0 fully saturated rings. The first-order chi connectivity index (χ1) is 18.4. The van der Waals surface area contributed by atoms with Gasteiger partial charge in [0.1, 0.15) is 0 Å². The van der Waals surface area contributed by atoms with Crippen LogP contribution in [-0.2, 0) is 11.1 Å². The fourth-order valence-electron chi connectivity index (χ4n) is 4.57. The third-order valence-corrected chi connectivity index (χ3v) is 6.73. The molecule has 0 saturated heterocycles. The summed E-state index contributed by atoms with van der Waals surface area (Å²) < 4.78 is 0. The fraction of sp³-hybridized carbons (Fsp3) is 0.424. The van der Waals surface area contributed by atoms with Crippen LogP contribution in [0, 0.1) is 0 Å². The van der Waals surface area contributed by atoms with E-state index in [0.717, 1.165) is 45.3 Å². The zero-order chi connectivity index (χ0) is 29.3. The van der Waals surface area contributed by atoms with E-state index in [4.69, 9.17) is 15.0 Å². The zero-order valence-corrected chi connectivity index (χ0v) is 29.1. The van der Waals surface area contributed by atoms with Crippen molar-refractivity contribution in [1.82, 2.24) is 4.98 Å². The van der Waals surface area contributed by atoms with E-state index in [1.807, 2.05) is 12.1 Å². The number of hydrogen-bond acceptors (Lipinski definition) is 3. The molecule has 39 heavy (non-hydrogen) atoms. The summed E-state index contributed by atoms with van der Waals surface area (Å²) >= 11 is 7.12. The molecule has 0 spiro atoms. The van der Waals surface area contributed by atoms with Crippen molar-refractivity contribution >= 4 is 51.1 Å². The fourth-order valence-corrected chi connectivity index (χ4v) is 4.57. The molecular weight excluding hydrogens is 657 g/mol. The van der Waals surface area contributed by atoms with Crippen LogP contribution >= 0.6 is 28.3 Å². The Bertz CT molecular complexity index is 1150. The summed E-state index contributed by atoms with van der Waals surface area (Å²) in [6.45, 7) is 22.0. The number of nitrogens with zero attached hydrogens (tertiary/aromatic N) is 3. The van der Waals surface area contributed by atoms with E-state index < -0.39 is 0 Å². The molecule has 1 aromatic heterocycles. The summed E-state index contributed by atoms with van der Waals surface area (Å²) in [7, 11) is 0. The van der Waals surface area contributed by atoms with Gasteiger partial charge in [0.2, 0.25) is 0 Å². The van der Waals surface area contributed by atoms with Gasteiger partial charge in [0.25, 0.3) is 0 Å². The minimum atomic E-state index is 0.403. The van der Waals surface area contributed by atoms with E-state index in [1.54, 1.807) is 0 Å². The Balaban J connectivity index is 0.00000170. The van der Waals surface area contributed by atoms with Crippen molar-refractivity contribution in [3.63, 3.8) is 0 Å². The predicted octanol–water partition coefficient (Wildman–Crippen LogP) is 11.5. The third kappa shape index (κ3) is 9.20. The summed E-state index contributed by atoms with van der Waals surface area (Å²) in [5.74, 6) is 1.61. The number of pyridine rings is 1. The normalized spacial score (nSPS) is 12.5. The second kappa shape index (κ2) is 16.0. The first-order valence-corrected chi connectivity index (χ1v) is 18.7. The second-order valence-corrected chi connectivity index (χ2v) is 16.3. The van der Waals surface area contributed by atoms with E-state index >= 15 is 0 Å². The Hall–Kier alpha value is -1.60. The van der Waals surface area contributed by atoms with Crippen molar-refractivity contribution in [3.05, 3.63) is 88.2 Å². The van der Waals surface area contributed by atoms with E-state index in [-0.39, 0.29) is 0 Å². The van der Waals surface area contributed by atoms with Gasteiger partial charge < -0.3 is 0 Å². The Morgan fingerprint density at radius 3 is 1.08 bits per heavy atom. The quantitative estimate of drug-likeness (QED) is 0.216. The third-order valence-electron chi connectivity index (χ3n) is 6.73. The summed E-state index contributed by atoms with van der Waals surface area (Å²) in [5, 5.41) is 0. The molecule has 3 aromatic rings. The number of benzene rings is 2. The van der Waals surface area contributed by atoms with Crippen LogP contribution in [0.5, 0.6) is 0 Å². The van der Waals surface area contributed by atoms with Gasteiger partial charge in [0, 0.05) is 0 Å². The van der Waals surface area contributed by atoms with Crippen molar-refractivity contribution in [2.24, 2.45) is 9.98 Å². The molecule has 0 amide bonds. The maximum atomic E-state index is 5.15. The summed E-state index contributed by atoms with van der Waals surface area (Å²) in [5.41, 5.74) is 10.9. The molecule has 2 aromatic carbocycles. The molecule has 0 atom stereocenters. The Morgan fingerprint density at radius 1 is 0.564 bits per heavy atom. The molecule has 0 aliphatic carbocycles. The first kappa shape index (κ1) is 33.6. The predicted molar refractivity (Wildman–Crippen MR) is 175 cm³/mol. The molecule has 1 heterocycles. The molecule has 0 aliphatic heterocycles. The van der Waals surface area contributed by atoms with Crippen LogP contribution in [-0.4, -0.2) is 16.4 Å². The molecule has 0 N–H and O–H groups in total. The Kier molecular flexibility index (Phi) is 13.8. The van der Waals surface area contributed by atoms with Gasteiger partial charge in [-0.3, -0.25) is 9.98 Å². The molecule has 6 heteroatoms. The van der Waals surface area contributed by atoms with E-state index in [1.165, 1.54) is 22.3 Å². The number of aliphatic imine (C=N–C) groups is 2. The number of halogens is 2. The monoisotopic (exact) mass is 698 g/mol. The number of rotatable bonds is 8. The van der Waals surface area contributed by atoms with Crippen LogP contribution in [0.25, 0.3) is 0 Å². The summed E-state index contributed by atoms with van der Waals surface area (Å²) in [6.07, 6.45) is 0. The minimum absolute atomic E-state index is 0.403. The molecule has 0 aliphatic rings. The average molecular weight is 700 g/mol. The molecule has 3 rings (SSSR count). The van der Waals surface area contributed by atoms with Crippen molar-refractivity contribution in [3.8, 4) is 0 Å². The topological polar surface area (TPSA) is 37.6 Å². The van der Waals surface area contributed by atoms with Crippen LogP contribution in [0.1, 0.15) is 127 Å². The molecule has 0 saturated carbocycles. The molecular formula is C33H43Br2CoN3. The average Bonchev–Trinajstić information content (AvgIpc) is 2.88. The van der Waals surface area contributed by atoms with Gasteiger partial charge in [-0.05, 0) is 71.9 Å². The van der Waals surface area contributed by atoms with Gasteiger partial charge >= 0.3 is 39.5 Å². The zero-order valence-electron chi connectivity index (χ0n) is 24.9. The number of aromatic nitrogens is 1. The van der Waals surface area contributed by atoms with Gasteiger partial charge in [0.15, 0.2) is 0 Å². The Labute approximate surface area is 256 Å². The van der Waals surface area contributed by atoms with Gasteiger partial charge in [-0.1, -0.05) is 97.9 Å². The van der Waals surface area contributed by atoms with Crippen molar-refractivity contribution in [1.29, 1.82) is 0 Å². The molecule has 0 unspecified atom stereocenters. The molecule has 0 radical (unpaired) electrons. The van der Waals surface area contributed by atoms with Gasteiger partial charge in [-0.2, -0.15) is 0 Å². The SMILES string of the molecule is CC(=Nc1c(C(C)C)cccc1C(C)C)c1cccc(C(C)=Nc2c(C(C)C)cccc2C(C)C)n1.[Br][Co][Br]. The van der Waals surface area contributed by atoms with Crippen LogP contribution < -0.4 is 0 Å². The Morgan fingerprint density at radius 2 is 0.821 bits per heavy atom. The van der Waals surface area contributed by atoms with E-state index in [0.29, 0.717) is 23.7 Å². The van der Waals surface area contributed by atoms with Gasteiger partial charge in [0.05, 0.1) is 34.2 Å². The van der Waals surface area contributed by atoms with Crippen LogP contribution in [0.3, 0.4) is 0 Å². The van der Waals surface area contributed by atoms with E-state index in [9.17, 15) is 0 Å². The second-order valence-electron chi connectivity index (χ2n) is 11.0. The van der Waals surface area contributed by atoms with E-state index in [2.05, 4.69) is 140 Å². The van der Waals surface area contributed by atoms with Crippen molar-refractivity contribution < 1.29 is 11.1 Å². The van der Waals surface area contributed by atoms with Crippen LogP contribution in [0.15, 0.2) is 64.6 Å². The van der Waals surface area contributed by atoms with Gasteiger partial charge in [-0.25, -0.2) is 4.98 Å².